The van der Waals surface area contributed by atoms with Gasteiger partial charge in [-0.25, -0.2) is 8.42 Å². The maximum absolute atomic E-state index is 12.9. The topological polar surface area (TPSA) is 137 Å². The molecule has 0 saturated carbocycles. The molecule has 3 rings (SSSR count). The van der Waals surface area contributed by atoms with Crippen molar-refractivity contribution < 1.29 is 61.9 Å². The Labute approximate surface area is 188 Å². The van der Waals surface area contributed by atoms with Crippen LogP contribution in [-0.4, -0.2) is 29.8 Å². The molecule has 0 spiro atoms. The minimum atomic E-state index is -4.86. The number of benzene rings is 2. The molecule has 1 heterocycles. The van der Waals surface area contributed by atoms with Crippen molar-refractivity contribution in [3.05, 3.63) is 51.9 Å². The Kier molecular flexibility index (Phi) is 7.15. The Balaban J connectivity index is 0.00000300. The van der Waals surface area contributed by atoms with Crippen molar-refractivity contribution in [2.45, 2.75) is 25.3 Å². The molecule has 0 aliphatic carbocycles. The van der Waals surface area contributed by atoms with Gasteiger partial charge in [-0.3, -0.25) is 4.79 Å². The van der Waals surface area contributed by atoms with Crippen LogP contribution in [0.25, 0.3) is 22.1 Å². The summed E-state index contributed by atoms with van der Waals surface area (Å²) in [5.41, 5.74) is 0.272. The van der Waals surface area contributed by atoms with Gasteiger partial charge in [0.15, 0.2) is 0 Å². The van der Waals surface area contributed by atoms with Crippen molar-refractivity contribution in [3.63, 3.8) is 0 Å². The molecule has 10 heteroatoms. The summed E-state index contributed by atoms with van der Waals surface area (Å²) in [7, 11) is -4.86. The number of aromatic hydroxyl groups is 1. The maximum Gasteiger partial charge on any atom is 1.00 e. The molecule has 0 bridgehead atoms. The molecule has 8 nitrogen and oxygen atoms in total. The Hall–Kier alpha value is -1.88. The van der Waals surface area contributed by atoms with Gasteiger partial charge in [0.25, 0.3) is 0 Å². The summed E-state index contributed by atoms with van der Waals surface area (Å²) >= 11 is 0. The molecule has 0 unspecified atom stereocenters. The molecule has 2 N–H and O–H groups in total. The van der Waals surface area contributed by atoms with Gasteiger partial charge in [0.2, 0.25) is 5.43 Å². The van der Waals surface area contributed by atoms with Crippen LogP contribution < -0.4 is 39.7 Å². The minimum absolute atomic E-state index is 0. The Morgan fingerprint density at radius 1 is 1.24 bits per heavy atom. The molecule has 29 heavy (non-hydrogen) atoms. The van der Waals surface area contributed by atoms with Gasteiger partial charge in [-0.15, -0.1) is 0 Å². The third-order valence-corrected chi connectivity index (χ3v) is 5.21. The third-order valence-electron chi connectivity index (χ3n) is 4.35. The van der Waals surface area contributed by atoms with E-state index in [1.54, 1.807) is 13.8 Å². The van der Waals surface area contributed by atoms with E-state index in [0.29, 0.717) is 5.56 Å². The summed E-state index contributed by atoms with van der Waals surface area (Å²) in [6, 6.07) is 5.23. The zero-order valence-electron chi connectivity index (χ0n) is 16.1. The van der Waals surface area contributed by atoms with E-state index in [4.69, 9.17) is 9.15 Å². The number of aryl methyl sites for hydroxylation is 1. The average Bonchev–Trinajstić information content (AvgIpc) is 2.62. The van der Waals surface area contributed by atoms with Gasteiger partial charge in [-0.2, -0.15) is 0 Å². The fraction of sp³-hybridized carbons (Fsp3) is 0.211. The smallest absolute Gasteiger partial charge is 0.744 e. The van der Waals surface area contributed by atoms with Crippen molar-refractivity contribution in [2.24, 2.45) is 0 Å². The van der Waals surface area contributed by atoms with Crippen LogP contribution in [0.2, 0.25) is 0 Å². The van der Waals surface area contributed by atoms with Crippen LogP contribution in [0.1, 0.15) is 18.1 Å². The fourth-order valence-electron chi connectivity index (χ4n) is 2.98. The van der Waals surface area contributed by atoms with Crippen molar-refractivity contribution in [1.82, 2.24) is 0 Å². The van der Waals surface area contributed by atoms with E-state index in [2.05, 4.69) is 0 Å². The number of rotatable bonds is 5. The van der Waals surface area contributed by atoms with E-state index < -0.39 is 32.8 Å². The van der Waals surface area contributed by atoms with Crippen LogP contribution >= 0.6 is 0 Å². The summed E-state index contributed by atoms with van der Waals surface area (Å²) in [4.78, 5) is 12.3. The van der Waals surface area contributed by atoms with Crippen LogP contribution in [0.5, 0.6) is 11.5 Å². The van der Waals surface area contributed by atoms with Crippen LogP contribution in [0.15, 0.2) is 44.6 Å². The predicted molar refractivity (Wildman–Crippen MR) is 99.4 cm³/mol. The molecule has 0 aliphatic heterocycles. The first-order valence-corrected chi connectivity index (χ1v) is 9.70. The van der Waals surface area contributed by atoms with Crippen LogP contribution in [0.4, 0.5) is 0 Å². The van der Waals surface area contributed by atoms with Gasteiger partial charge < -0.3 is 23.9 Å². The molecular weight excluding hydrogens is 411 g/mol. The van der Waals surface area contributed by atoms with E-state index in [9.17, 15) is 28.0 Å². The summed E-state index contributed by atoms with van der Waals surface area (Å²) < 4.78 is 45.3. The standard InChI is InChI=1S/C19H18O8S.Na/c1-3-26-14-5-4-11(7-16(14)28(23,24)25)13-9-27-15-6-10(2)12(8-20)18(21)17(15)19(13)22;/h4-7,9,20-21H,3,8H2,1-2H3,(H,23,24,25);/q;+1/p-1. The Bertz CT molecular complexity index is 1230. The van der Waals surface area contributed by atoms with Crippen LogP contribution in [0.3, 0.4) is 0 Å². The first kappa shape index (κ1) is 23.4. The van der Waals surface area contributed by atoms with E-state index >= 15 is 0 Å². The fourth-order valence-corrected chi connectivity index (χ4v) is 3.62. The molecular formula is C19H17NaO8S. The first-order valence-electron chi connectivity index (χ1n) is 8.30. The van der Waals surface area contributed by atoms with Crippen molar-refractivity contribution in [3.8, 4) is 22.6 Å². The van der Waals surface area contributed by atoms with Gasteiger partial charge in [-0.05, 0) is 43.2 Å². The second-order valence-corrected chi connectivity index (χ2v) is 7.43. The molecule has 0 saturated heterocycles. The minimum Gasteiger partial charge on any atom is -0.744 e. The van der Waals surface area contributed by atoms with Gasteiger partial charge in [0, 0.05) is 5.56 Å². The largest absolute Gasteiger partial charge is 1.00 e. The summed E-state index contributed by atoms with van der Waals surface area (Å²) in [5.74, 6) is -0.525. The van der Waals surface area contributed by atoms with Gasteiger partial charge >= 0.3 is 29.6 Å². The summed E-state index contributed by atoms with van der Waals surface area (Å²) in [5, 5.41) is 19.7. The molecule has 0 aliphatic rings. The monoisotopic (exact) mass is 428 g/mol. The van der Waals surface area contributed by atoms with E-state index in [0.717, 1.165) is 12.3 Å². The second kappa shape index (κ2) is 8.86. The van der Waals surface area contributed by atoms with Gasteiger partial charge in [0.1, 0.15) is 38.8 Å². The molecule has 0 radical (unpaired) electrons. The van der Waals surface area contributed by atoms with Gasteiger partial charge in [0.05, 0.1) is 23.7 Å². The number of ether oxygens (including phenoxy) is 1. The van der Waals surface area contributed by atoms with Crippen molar-refractivity contribution >= 4 is 21.1 Å². The number of aliphatic hydroxyl groups is 1. The van der Waals surface area contributed by atoms with Crippen LogP contribution in [0, 0.1) is 6.92 Å². The number of hydrogen-bond acceptors (Lipinski definition) is 8. The van der Waals surface area contributed by atoms with Crippen LogP contribution in [-0.2, 0) is 16.7 Å². The zero-order valence-corrected chi connectivity index (χ0v) is 18.9. The van der Waals surface area contributed by atoms with Gasteiger partial charge in [-0.1, -0.05) is 6.07 Å². The number of fused-ring (bicyclic) bond motifs is 1. The predicted octanol–water partition coefficient (Wildman–Crippen LogP) is -0.727. The quantitative estimate of drug-likeness (QED) is 0.401. The second-order valence-electron chi connectivity index (χ2n) is 6.08. The summed E-state index contributed by atoms with van der Waals surface area (Å²) in [6.45, 7) is 2.96. The van der Waals surface area contributed by atoms with E-state index in [-0.39, 0.29) is 69.6 Å². The molecule has 148 valence electrons. The Morgan fingerprint density at radius 3 is 2.52 bits per heavy atom. The number of aliphatic hydroxyl groups excluding tert-OH is 1. The molecule has 3 aromatic rings. The molecule has 2 aromatic carbocycles. The van der Waals surface area contributed by atoms with E-state index in [1.165, 1.54) is 18.2 Å². The molecule has 0 amide bonds. The molecule has 0 fully saturated rings. The van der Waals surface area contributed by atoms with E-state index in [1.807, 2.05) is 0 Å². The molecule has 1 aromatic heterocycles. The summed E-state index contributed by atoms with van der Waals surface area (Å²) in [6.07, 6.45) is 1.12. The number of phenols is 1. The maximum atomic E-state index is 12.9. The third kappa shape index (κ3) is 4.35. The SMILES string of the molecule is CCOc1ccc(-c2coc3cc(C)c(CO)c(O)c3c2=O)cc1S(=O)(=O)[O-].[Na+]. The van der Waals surface area contributed by atoms with Crippen molar-refractivity contribution in [2.75, 3.05) is 6.61 Å². The Morgan fingerprint density at radius 2 is 1.93 bits per heavy atom. The normalized spacial score (nSPS) is 11.3. The first-order chi connectivity index (χ1) is 13.2. The number of hydrogen-bond donors (Lipinski definition) is 2. The van der Waals surface area contributed by atoms with Crippen molar-refractivity contribution in [1.29, 1.82) is 0 Å². The average molecular weight is 428 g/mol. The molecule has 0 atom stereocenters. The zero-order chi connectivity index (χ0) is 20.6.